The first-order chi connectivity index (χ1) is 13.7. The third kappa shape index (κ3) is 4.17. The number of carbonyl (C=O) groups is 1. The minimum atomic E-state index is 0.0138. The highest BCUT2D eigenvalue weighted by Crippen LogP contribution is 2.41. The van der Waals surface area contributed by atoms with Crippen LogP contribution in [0.1, 0.15) is 41.7 Å². The van der Waals surface area contributed by atoms with Crippen molar-refractivity contribution >= 4 is 5.91 Å². The standard InChI is InChI=1S/C22H28N4O2/c1-28-19-4-2-18(3-5-19)17-25-12-6-22(7-13-25)8-14-26(15-9-22)21(27)20-16-23-10-11-24-20/h2-5,10-11,16H,6-9,12-15,17H2,1H3. The molecule has 2 aromatic rings. The topological polar surface area (TPSA) is 58.6 Å². The molecule has 1 spiro atoms. The molecule has 2 aliphatic rings. The largest absolute Gasteiger partial charge is 0.497 e. The Morgan fingerprint density at radius 2 is 1.71 bits per heavy atom. The Labute approximate surface area is 166 Å². The molecule has 148 valence electrons. The van der Waals surface area contributed by atoms with Crippen molar-refractivity contribution in [2.75, 3.05) is 33.3 Å². The lowest BCUT2D eigenvalue weighted by Gasteiger charge is -2.46. The van der Waals surface area contributed by atoms with Gasteiger partial charge in [0.1, 0.15) is 11.4 Å². The number of piperidine rings is 2. The van der Waals surface area contributed by atoms with Crippen LogP contribution >= 0.6 is 0 Å². The monoisotopic (exact) mass is 380 g/mol. The van der Waals surface area contributed by atoms with Gasteiger partial charge in [0, 0.05) is 32.0 Å². The van der Waals surface area contributed by atoms with Crippen molar-refractivity contribution in [2.24, 2.45) is 5.41 Å². The van der Waals surface area contributed by atoms with Gasteiger partial charge in [0.05, 0.1) is 13.3 Å². The molecule has 2 aliphatic heterocycles. The molecule has 0 unspecified atom stereocenters. The fourth-order valence-electron chi connectivity index (χ4n) is 4.43. The highest BCUT2D eigenvalue weighted by Gasteiger charge is 2.38. The molecule has 1 aromatic heterocycles. The first kappa shape index (κ1) is 18.9. The van der Waals surface area contributed by atoms with E-state index in [-0.39, 0.29) is 5.91 Å². The smallest absolute Gasteiger partial charge is 0.274 e. The van der Waals surface area contributed by atoms with Crippen molar-refractivity contribution in [3.05, 3.63) is 54.1 Å². The molecule has 0 atom stereocenters. The van der Waals surface area contributed by atoms with Gasteiger partial charge in [-0.2, -0.15) is 0 Å². The van der Waals surface area contributed by atoms with Crippen LogP contribution in [0.25, 0.3) is 0 Å². The number of amides is 1. The molecule has 0 saturated carbocycles. The molecule has 1 amide bonds. The lowest BCUT2D eigenvalue weighted by atomic mass is 9.71. The van der Waals surface area contributed by atoms with Gasteiger partial charge in [-0.1, -0.05) is 12.1 Å². The van der Waals surface area contributed by atoms with E-state index >= 15 is 0 Å². The molecular formula is C22H28N4O2. The van der Waals surface area contributed by atoms with E-state index in [1.807, 2.05) is 17.0 Å². The third-order valence-electron chi connectivity index (χ3n) is 6.38. The van der Waals surface area contributed by atoms with Crippen molar-refractivity contribution in [1.82, 2.24) is 19.8 Å². The second-order valence-corrected chi connectivity index (χ2v) is 8.01. The molecule has 6 heteroatoms. The van der Waals surface area contributed by atoms with E-state index in [2.05, 4.69) is 27.0 Å². The number of methoxy groups -OCH3 is 1. The summed E-state index contributed by atoms with van der Waals surface area (Å²) >= 11 is 0. The molecule has 1 aromatic carbocycles. The van der Waals surface area contributed by atoms with Crippen LogP contribution in [-0.4, -0.2) is 59.0 Å². The van der Waals surface area contributed by atoms with Crippen LogP contribution in [0.3, 0.4) is 0 Å². The van der Waals surface area contributed by atoms with Gasteiger partial charge in [-0.3, -0.25) is 14.7 Å². The number of ether oxygens (including phenoxy) is 1. The van der Waals surface area contributed by atoms with Crippen LogP contribution < -0.4 is 4.74 Å². The number of carbonyl (C=O) groups excluding carboxylic acids is 1. The van der Waals surface area contributed by atoms with Crippen LogP contribution in [0, 0.1) is 5.41 Å². The van der Waals surface area contributed by atoms with Gasteiger partial charge in [-0.05, 0) is 61.9 Å². The summed E-state index contributed by atoms with van der Waals surface area (Å²) in [6.45, 7) is 4.91. The van der Waals surface area contributed by atoms with Gasteiger partial charge in [-0.25, -0.2) is 4.98 Å². The van der Waals surface area contributed by atoms with Crippen molar-refractivity contribution < 1.29 is 9.53 Å². The van der Waals surface area contributed by atoms with E-state index in [4.69, 9.17) is 4.74 Å². The van der Waals surface area contributed by atoms with Crippen LogP contribution in [0.15, 0.2) is 42.9 Å². The number of nitrogens with zero attached hydrogens (tertiary/aromatic N) is 4. The number of rotatable bonds is 4. The van der Waals surface area contributed by atoms with Gasteiger partial charge in [0.2, 0.25) is 0 Å². The normalized spacial score (nSPS) is 19.5. The van der Waals surface area contributed by atoms with Gasteiger partial charge in [-0.15, -0.1) is 0 Å². The minimum absolute atomic E-state index is 0.0138. The molecule has 6 nitrogen and oxygen atoms in total. The molecule has 0 radical (unpaired) electrons. The summed E-state index contributed by atoms with van der Waals surface area (Å²) in [6, 6.07) is 8.37. The lowest BCUT2D eigenvalue weighted by molar-refractivity contribution is 0.0282. The second kappa shape index (κ2) is 8.27. The Morgan fingerprint density at radius 3 is 2.32 bits per heavy atom. The summed E-state index contributed by atoms with van der Waals surface area (Å²) in [4.78, 5) is 25.2. The van der Waals surface area contributed by atoms with Crippen molar-refractivity contribution in [1.29, 1.82) is 0 Å². The Hall–Kier alpha value is -2.47. The maximum Gasteiger partial charge on any atom is 0.274 e. The molecule has 0 aliphatic carbocycles. The molecule has 2 saturated heterocycles. The maximum absolute atomic E-state index is 12.6. The van der Waals surface area contributed by atoms with E-state index in [0.717, 1.165) is 51.3 Å². The quantitative estimate of drug-likeness (QED) is 0.816. The zero-order chi connectivity index (χ0) is 19.4. The van der Waals surface area contributed by atoms with Crippen LogP contribution in [0.4, 0.5) is 0 Å². The molecular weight excluding hydrogens is 352 g/mol. The summed E-state index contributed by atoms with van der Waals surface area (Å²) in [6.07, 6.45) is 9.36. The van der Waals surface area contributed by atoms with Crippen molar-refractivity contribution in [3.63, 3.8) is 0 Å². The summed E-state index contributed by atoms with van der Waals surface area (Å²) in [5.41, 5.74) is 2.18. The highest BCUT2D eigenvalue weighted by atomic mass is 16.5. The third-order valence-corrected chi connectivity index (χ3v) is 6.38. The highest BCUT2D eigenvalue weighted by molar-refractivity contribution is 5.92. The molecule has 0 bridgehead atoms. The van der Waals surface area contributed by atoms with E-state index < -0.39 is 0 Å². The number of benzene rings is 1. The summed E-state index contributed by atoms with van der Waals surface area (Å²) in [7, 11) is 1.70. The zero-order valence-corrected chi connectivity index (χ0v) is 16.5. The summed E-state index contributed by atoms with van der Waals surface area (Å²) < 4.78 is 5.24. The van der Waals surface area contributed by atoms with Crippen LogP contribution in [0.2, 0.25) is 0 Å². The summed E-state index contributed by atoms with van der Waals surface area (Å²) in [5.74, 6) is 0.920. The fourth-order valence-corrected chi connectivity index (χ4v) is 4.43. The first-order valence-electron chi connectivity index (χ1n) is 10.1. The first-order valence-corrected chi connectivity index (χ1v) is 10.1. The van der Waals surface area contributed by atoms with Gasteiger partial charge < -0.3 is 9.64 Å². The van der Waals surface area contributed by atoms with Gasteiger partial charge >= 0.3 is 0 Å². The SMILES string of the molecule is COc1ccc(CN2CCC3(CC2)CCN(C(=O)c2cnccn2)CC3)cc1. The van der Waals surface area contributed by atoms with E-state index in [1.165, 1.54) is 18.4 Å². The lowest BCUT2D eigenvalue weighted by Crippen LogP contribution is -2.48. The van der Waals surface area contributed by atoms with Crippen molar-refractivity contribution in [3.8, 4) is 5.75 Å². The maximum atomic E-state index is 12.6. The second-order valence-electron chi connectivity index (χ2n) is 8.01. The number of aromatic nitrogens is 2. The summed E-state index contributed by atoms with van der Waals surface area (Å²) in [5, 5.41) is 0. The van der Waals surface area contributed by atoms with Gasteiger partial charge in [0.25, 0.3) is 5.91 Å². The van der Waals surface area contributed by atoms with Gasteiger partial charge in [0.15, 0.2) is 0 Å². The number of likely N-dealkylation sites (tertiary alicyclic amines) is 2. The fraction of sp³-hybridized carbons (Fsp3) is 0.500. The van der Waals surface area contributed by atoms with E-state index in [0.29, 0.717) is 11.1 Å². The minimum Gasteiger partial charge on any atom is -0.497 e. The number of hydrogen-bond acceptors (Lipinski definition) is 5. The molecule has 0 N–H and O–H groups in total. The molecule has 3 heterocycles. The Balaban J connectivity index is 1.27. The van der Waals surface area contributed by atoms with Crippen LogP contribution in [0.5, 0.6) is 5.75 Å². The van der Waals surface area contributed by atoms with Crippen LogP contribution in [-0.2, 0) is 6.54 Å². The molecule has 28 heavy (non-hydrogen) atoms. The average Bonchev–Trinajstić information content (AvgIpc) is 2.77. The molecule has 4 rings (SSSR count). The van der Waals surface area contributed by atoms with E-state index in [1.54, 1.807) is 25.7 Å². The predicted octanol–water partition coefficient (Wildman–Crippen LogP) is 3.00. The average molecular weight is 380 g/mol. The number of hydrogen-bond donors (Lipinski definition) is 0. The van der Waals surface area contributed by atoms with Crippen molar-refractivity contribution in [2.45, 2.75) is 32.2 Å². The van der Waals surface area contributed by atoms with E-state index in [9.17, 15) is 4.79 Å². The Kier molecular flexibility index (Phi) is 5.57. The molecule has 2 fully saturated rings. The predicted molar refractivity (Wildman–Crippen MR) is 107 cm³/mol. The Bertz CT molecular complexity index is 776. The Morgan fingerprint density at radius 1 is 1.04 bits per heavy atom. The zero-order valence-electron chi connectivity index (χ0n) is 16.5.